The van der Waals surface area contributed by atoms with Gasteiger partial charge in [-0.05, 0) is 60.8 Å². The first-order chi connectivity index (χ1) is 12.8. The molecule has 0 amide bonds. The number of aromatic amines is 1. The number of anilines is 1. The van der Waals surface area contributed by atoms with E-state index >= 15 is 0 Å². The van der Waals surface area contributed by atoms with Crippen LogP contribution in [0.2, 0.25) is 0 Å². The Morgan fingerprint density at radius 3 is 2.85 bits per heavy atom. The second-order valence-electron chi connectivity index (χ2n) is 6.54. The van der Waals surface area contributed by atoms with E-state index < -0.39 is 0 Å². The molecule has 134 valence electrons. The average Bonchev–Trinajstić information content (AvgIpc) is 3.12. The van der Waals surface area contributed by atoms with Gasteiger partial charge in [-0.25, -0.2) is 0 Å². The zero-order chi connectivity index (χ0) is 17.9. The molecule has 1 aliphatic rings. The van der Waals surface area contributed by atoms with Crippen LogP contribution in [-0.4, -0.2) is 40.2 Å². The number of thiocarbonyl (C=S) groups is 1. The Labute approximate surface area is 158 Å². The number of fused-ring (bicyclic) bond motifs is 1. The normalized spacial score (nSPS) is 15.2. The van der Waals surface area contributed by atoms with Gasteiger partial charge in [-0.1, -0.05) is 12.1 Å². The number of aromatic nitrogens is 2. The van der Waals surface area contributed by atoms with Crippen LogP contribution in [-0.2, 0) is 0 Å². The number of pyridine rings is 1. The maximum Gasteiger partial charge on any atom is 0.173 e. The van der Waals surface area contributed by atoms with E-state index in [2.05, 4.69) is 32.4 Å². The number of hydrogen-bond acceptors (Lipinski definition) is 3. The molecule has 0 radical (unpaired) electrons. The van der Waals surface area contributed by atoms with Gasteiger partial charge in [0, 0.05) is 25.5 Å². The highest BCUT2D eigenvalue weighted by Gasteiger charge is 2.24. The van der Waals surface area contributed by atoms with Gasteiger partial charge in [0.2, 0.25) is 0 Å². The number of H-pyrrole nitrogens is 1. The molecule has 3 aromatic rings. The number of para-hydroxylation sites is 2. The number of piperidine rings is 1. The molecule has 2 aromatic heterocycles. The molecule has 4 rings (SSSR count). The fourth-order valence-corrected chi connectivity index (χ4v) is 3.92. The van der Waals surface area contributed by atoms with Gasteiger partial charge in [0.1, 0.15) is 5.75 Å². The number of rotatable bonds is 3. The molecule has 6 heteroatoms. The molecule has 1 aliphatic heterocycles. The second-order valence-corrected chi connectivity index (χ2v) is 6.92. The number of nitrogens with one attached hydrogen (secondary N) is 2. The highest BCUT2D eigenvalue weighted by atomic mass is 32.1. The van der Waals surface area contributed by atoms with Crippen molar-refractivity contribution in [1.82, 2.24) is 14.9 Å². The lowest BCUT2D eigenvalue weighted by Gasteiger charge is -2.33. The number of methoxy groups -OCH3 is 1. The molecule has 1 fully saturated rings. The standard InChI is InChI=1S/C20H22N4OS/c1-25-18-7-3-2-5-16(18)23-20(26)24-11-8-14(9-12-24)15-13-22-17-6-4-10-21-19(15)17/h2-7,10,13-14,22H,8-9,11-12H2,1H3,(H,23,26). The van der Waals surface area contributed by atoms with E-state index in [1.807, 2.05) is 36.5 Å². The van der Waals surface area contributed by atoms with Gasteiger partial charge < -0.3 is 19.9 Å². The summed E-state index contributed by atoms with van der Waals surface area (Å²) in [4.78, 5) is 10.1. The molecule has 0 saturated carbocycles. The Morgan fingerprint density at radius 1 is 1.23 bits per heavy atom. The van der Waals surface area contributed by atoms with Gasteiger partial charge in [0.25, 0.3) is 0 Å². The lowest BCUT2D eigenvalue weighted by molar-refractivity contribution is 0.317. The summed E-state index contributed by atoms with van der Waals surface area (Å²) < 4.78 is 5.39. The Hall–Kier alpha value is -2.60. The molecule has 0 spiro atoms. The summed E-state index contributed by atoms with van der Waals surface area (Å²) in [5.41, 5.74) is 4.44. The minimum atomic E-state index is 0.518. The van der Waals surface area contributed by atoms with E-state index in [-0.39, 0.29) is 0 Å². The molecule has 0 aliphatic carbocycles. The van der Waals surface area contributed by atoms with E-state index in [0.717, 1.165) is 53.5 Å². The van der Waals surface area contributed by atoms with E-state index in [1.165, 1.54) is 5.56 Å². The minimum Gasteiger partial charge on any atom is -0.495 e. The lowest BCUT2D eigenvalue weighted by atomic mass is 9.90. The third-order valence-corrected chi connectivity index (χ3v) is 5.40. The van der Waals surface area contributed by atoms with Crippen molar-refractivity contribution in [3.05, 3.63) is 54.4 Å². The van der Waals surface area contributed by atoms with Gasteiger partial charge in [-0.15, -0.1) is 0 Å². The number of nitrogens with zero attached hydrogens (tertiary/aromatic N) is 2. The minimum absolute atomic E-state index is 0.518. The molecule has 2 N–H and O–H groups in total. The van der Waals surface area contributed by atoms with Crippen LogP contribution in [0.15, 0.2) is 48.8 Å². The van der Waals surface area contributed by atoms with Gasteiger partial charge in [-0.3, -0.25) is 4.98 Å². The van der Waals surface area contributed by atoms with Crippen molar-refractivity contribution in [2.24, 2.45) is 0 Å². The zero-order valence-electron chi connectivity index (χ0n) is 14.7. The number of benzene rings is 1. The summed E-state index contributed by atoms with van der Waals surface area (Å²) in [6.07, 6.45) is 6.11. The Morgan fingerprint density at radius 2 is 2.04 bits per heavy atom. The van der Waals surface area contributed by atoms with Crippen molar-refractivity contribution >= 4 is 34.1 Å². The van der Waals surface area contributed by atoms with Crippen LogP contribution < -0.4 is 10.1 Å². The number of ether oxygens (including phenoxy) is 1. The van der Waals surface area contributed by atoms with Gasteiger partial charge >= 0.3 is 0 Å². The second kappa shape index (κ2) is 7.33. The fraction of sp³-hybridized carbons (Fsp3) is 0.300. The SMILES string of the molecule is COc1ccccc1NC(=S)N1CCC(c2c[nH]c3cccnc23)CC1. The smallest absolute Gasteiger partial charge is 0.173 e. The highest BCUT2D eigenvalue weighted by Crippen LogP contribution is 2.32. The third-order valence-electron chi connectivity index (χ3n) is 5.03. The van der Waals surface area contributed by atoms with Crippen LogP contribution in [0, 0.1) is 0 Å². The largest absolute Gasteiger partial charge is 0.495 e. The van der Waals surface area contributed by atoms with Crippen LogP contribution in [0.4, 0.5) is 5.69 Å². The predicted octanol–water partition coefficient (Wildman–Crippen LogP) is 4.15. The molecule has 26 heavy (non-hydrogen) atoms. The molecule has 3 heterocycles. The van der Waals surface area contributed by atoms with Crippen molar-refractivity contribution in [1.29, 1.82) is 0 Å². The van der Waals surface area contributed by atoms with Crippen molar-refractivity contribution in [3.8, 4) is 5.75 Å². The summed E-state index contributed by atoms with van der Waals surface area (Å²) in [7, 11) is 1.67. The van der Waals surface area contributed by atoms with Crippen molar-refractivity contribution in [3.63, 3.8) is 0 Å². The average molecular weight is 366 g/mol. The molecular formula is C20H22N4OS. The Kier molecular flexibility index (Phi) is 4.75. The van der Waals surface area contributed by atoms with Gasteiger partial charge in [-0.2, -0.15) is 0 Å². The predicted molar refractivity (Wildman–Crippen MR) is 109 cm³/mol. The van der Waals surface area contributed by atoms with Crippen molar-refractivity contribution in [2.75, 3.05) is 25.5 Å². The molecule has 1 aromatic carbocycles. The summed E-state index contributed by atoms with van der Waals surface area (Å²) in [6, 6.07) is 11.9. The first kappa shape index (κ1) is 16.8. The summed E-state index contributed by atoms with van der Waals surface area (Å²) in [5.74, 6) is 1.32. The highest BCUT2D eigenvalue weighted by molar-refractivity contribution is 7.80. The van der Waals surface area contributed by atoms with E-state index in [1.54, 1.807) is 7.11 Å². The van der Waals surface area contributed by atoms with Crippen LogP contribution in [0.1, 0.15) is 24.3 Å². The maximum absolute atomic E-state index is 5.62. The zero-order valence-corrected chi connectivity index (χ0v) is 15.6. The molecular weight excluding hydrogens is 344 g/mol. The summed E-state index contributed by atoms with van der Waals surface area (Å²) in [6.45, 7) is 1.87. The number of hydrogen-bond donors (Lipinski definition) is 2. The van der Waals surface area contributed by atoms with Gasteiger partial charge in [0.15, 0.2) is 5.11 Å². The molecule has 0 unspecified atom stereocenters. The fourth-order valence-electron chi connectivity index (χ4n) is 3.62. The van der Waals surface area contributed by atoms with Crippen LogP contribution >= 0.6 is 12.2 Å². The van der Waals surface area contributed by atoms with Gasteiger partial charge in [0.05, 0.1) is 23.8 Å². The quantitative estimate of drug-likeness (QED) is 0.682. The summed E-state index contributed by atoms with van der Waals surface area (Å²) >= 11 is 5.62. The molecule has 5 nitrogen and oxygen atoms in total. The van der Waals surface area contributed by atoms with Crippen LogP contribution in [0.25, 0.3) is 11.0 Å². The Bertz CT molecular complexity index is 915. The van der Waals surface area contributed by atoms with E-state index in [0.29, 0.717) is 5.92 Å². The van der Waals surface area contributed by atoms with E-state index in [4.69, 9.17) is 17.0 Å². The van der Waals surface area contributed by atoms with Crippen molar-refractivity contribution in [2.45, 2.75) is 18.8 Å². The third kappa shape index (κ3) is 3.24. The monoisotopic (exact) mass is 366 g/mol. The molecule has 1 saturated heterocycles. The van der Waals surface area contributed by atoms with Crippen LogP contribution in [0.5, 0.6) is 5.75 Å². The van der Waals surface area contributed by atoms with Crippen molar-refractivity contribution < 1.29 is 4.74 Å². The summed E-state index contributed by atoms with van der Waals surface area (Å²) in [5, 5.41) is 4.08. The molecule has 0 bridgehead atoms. The lowest BCUT2D eigenvalue weighted by Crippen LogP contribution is -2.40. The molecule has 0 atom stereocenters. The topological polar surface area (TPSA) is 53.2 Å². The first-order valence-electron chi connectivity index (χ1n) is 8.87. The van der Waals surface area contributed by atoms with Crippen LogP contribution in [0.3, 0.4) is 0 Å². The number of likely N-dealkylation sites (tertiary alicyclic amines) is 1. The Balaban J connectivity index is 1.41. The van der Waals surface area contributed by atoms with E-state index in [9.17, 15) is 0 Å². The first-order valence-corrected chi connectivity index (χ1v) is 9.28. The maximum atomic E-state index is 5.62.